The van der Waals surface area contributed by atoms with E-state index in [9.17, 15) is 13.2 Å². The summed E-state index contributed by atoms with van der Waals surface area (Å²) in [6, 6.07) is 17.4. The first kappa shape index (κ1) is 29.2. The van der Waals surface area contributed by atoms with Gasteiger partial charge in [0.15, 0.2) is 0 Å². The van der Waals surface area contributed by atoms with Crippen molar-refractivity contribution >= 4 is 27.5 Å². The van der Waals surface area contributed by atoms with Crippen molar-refractivity contribution < 1.29 is 13.2 Å². The van der Waals surface area contributed by atoms with Crippen LogP contribution in [0.5, 0.6) is 5.75 Å². The van der Waals surface area contributed by atoms with Gasteiger partial charge in [-0.3, -0.25) is 4.79 Å². The Morgan fingerprint density at radius 2 is 1.55 bits per heavy atom. The van der Waals surface area contributed by atoms with Crippen LogP contribution in [0.2, 0.25) is 5.02 Å². The van der Waals surface area contributed by atoms with Crippen molar-refractivity contribution in [3.63, 3.8) is 0 Å². The lowest BCUT2D eigenvalue weighted by Crippen LogP contribution is -2.54. The van der Waals surface area contributed by atoms with Crippen LogP contribution >= 0.6 is 11.6 Å². The second-order valence-electron chi connectivity index (χ2n) is 11.5. The van der Waals surface area contributed by atoms with Crippen LogP contribution in [0, 0.1) is 5.92 Å². The van der Waals surface area contributed by atoms with Gasteiger partial charge in [0.2, 0.25) is 5.75 Å². The third kappa shape index (κ3) is 6.37. The van der Waals surface area contributed by atoms with Crippen LogP contribution < -0.4 is 15.2 Å². The first-order valence-corrected chi connectivity index (χ1v) is 16.7. The highest BCUT2D eigenvalue weighted by Crippen LogP contribution is 2.31. The van der Waals surface area contributed by atoms with E-state index in [1.807, 2.05) is 11.0 Å². The molecule has 1 saturated carbocycles. The molecule has 0 bridgehead atoms. The number of aromatic nitrogens is 2. The summed E-state index contributed by atoms with van der Waals surface area (Å²) in [6.45, 7) is 2.68. The maximum Gasteiger partial charge on any atom is 0.316 e. The third-order valence-electron chi connectivity index (χ3n) is 8.73. The van der Waals surface area contributed by atoms with Crippen molar-refractivity contribution in [1.82, 2.24) is 18.4 Å². The van der Waals surface area contributed by atoms with Crippen LogP contribution in [0.15, 0.2) is 65.6 Å². The standard InChI is InChI=1S/C31H38ClN5O4S/c32-26-9-6-10-27(22-26)37-31(38)30(41-28-11-4-5-12-28)29(23-33-37)34-17-19-36(20-18-34)42(39,40)35-15-13-25(14-16-35)21-24-7-2-1-3-8-24/h1-3,6-10,22-23,25,28H,4-5,11-21H2. The summed E-state index contributed by atoms with van der Waals surface area (Å²) < 4.78 is 38.0. The molecule has 3 aromatic rings. The van der Waals surface area contributed by atoms with Gasteiger partial charge in [-0.25, -0.2) is 0 Å². The molecule has 11 heteroatoms. The molecule has 0 unspecified atom stereocenters. The average molecular weight is 612 g/mol. The summed E-state index contributed by atoms with van der Waals surface area (Å²) in [6.07, 6.45) is 8.34. The molecule has 0 spiro atoms. The van der Waals surface area contributed by atoms with Crippen LogP contribution in [0.1, 0.15) is 44.1 Å². The van der Waals surface area contributed by atoms with Gasteiger partial charge < -0.3 is 9.64 Å². The Kier molecular flexibility index (Phi) is 8.85. The van der Waals surface area contributed by atoms with Crippen molar-refractivity contribution in [2.45, 2.75) is 51.0 Å². The lowest BCUT2D eigenvalue weighted by atomic mass is 9.91. The van der Waals surface area contributed by atoms with Crippen molar-refractivity contribution in [3.05, 3.63) is 81.7 Å². The van der Waals surface area contributed by atoms with Gasteiger partial charge in [0.1, 0.15) is 5.69 Å². The van der Waals surface area contributed by atoms with Crippen LogP contribution in [0.4, 0.5) is 5.69 Å². The van der Waals surface area contributed by atoms with Gasteiger partial charge in [0, 0.05) is 44.3 Å². The molecule has 3 aliphatic rings. The minimum atomic E-state index is -3.56. The molecule has 0 amide bonds. The van der Waals surface area contributed by atoms with Crippen molar-refractivity contribution in [1.29, 1.82) is 0 Å². The zero-order chi connectivity index (χ0) is 29.1. The number of nitrogens with zero attached hydrogens (tertiary/aromatic N) is 5. The Labute approximate surface area is 252 Å². The van der Waals surface area contributed by atoms with E-state index in [1.54, 1.807) is 39.1 Å². The number of anilines is 1. The normalized spacial score (nSPS) is 19.8. The van der Waals surface area contributed by atoms with E-state index in [2.05, 4.69) is 29.4 Å². The largest absolute Gasteiger partial charge is 0.483 e. The summed E-state index contributed by atoms with van der Waals surface area (Å²) in [7, 11) is -3.56. The summed E-state index contributed by atoms with van der Waals surface area (Å²) in [5.74, 6) is 0.768. The Balaban J connectivity index is 1.14. The quantitative estimate of drug-likeness (QED) is 0.372. The summed E-state index contributed by atoms with van der Waals surface area (Å²) >= 11 is 6.18. The van der Waals surface area contributed by atoms with Gasteiger partial charge in [-0.15, -0.1) is 0 Å². The summed E-state index contributed by atoms with van der Waals surface area (Å²) in [5, 5.41) is 4.98. The maximum atomic E-state index is 13.7. The van der Waals surface area contributed by atoms with Gasteiger partial charge in [0.05, 0.1) is 18.0 Å². The first-order chi connectivity index (χ1) is 20.4. The van der Waals surface area contributed by atoms with Crippen LogP contribution in [-0.4, -0.2) is 72.2 Å². The van der Waals surface area contributed by atoms with Gasteiger partial charge in [0.25, 0.3) is 10.2 Å². The van der Waals surface area contributed by atoms with E-state index in [-0.39, 0.29) is 17.4 Å². The van der Waals surface area contributed by atoms with E-state index >= 15 is 0 Å². The SMILES string of the molecule is O=c1c(OC2CCCC2)c(N2CCN(S(=O)(=O)N3CCC(Cc4ccccc4)CC3)CC2)cnn1-c1cccc(Cl)c1. The molecule has 2 aliphatic heterocycles. The maximum absolute atomic E-state index is 13.7. The van der Waals surface area contributed by atoms with Gasteiger partial charge in [-0.1, -0.05) is 48.0 Å². The van der Waals surface area contributed by atoms with Crippen LogP contribution in [0.25, 0.3) is 5.69 Å². The third-order valence-corrected chi connectivity index (χ3v) is 11.0. The molecule has 224 valence electrons. The number of hydrogen-bond donors (Lipinski definition) is 0. The number of rotatable bonds is 8. The van der Waals surface area contributed by atoms with E-state index in [0.717, 1.165) is 44.9 Å². The number of benzene rings is 2. The molecule has 0 atom stereocenters. The second kappa shape index (κ2) is 12.8. The van der Waals surface area contributed by atoms with E-state index < -0.39 is 10.2 Å². The minimum absolute atomic E-state index is 0.0156. The zero-order valence-electron chi connectivity index (χ0n) is 23.8. The summed E-state index contributed by atoms with van der Waals surface area (Å²) in [5.41, 5.74) is 2.15. The average Bonchev–Trinajstić information content (AvgIpc) is 3.52. The van der Waals surface area contributed by atoms with Crippen LogP contribution in [0.3, 0.4) is 0 Å². The lowest BCUT2D eigenvalue weighted by Gasteiger charge is -2.39. The van der Waals surface area contributed by atoms with Gasteiger partial charge in [-0.05, 0) is 74.6 Å². The fraction of sp³-hybridized carbons (Fsp3) is 0.484. The minimum Gasteiger partial charge on any atom is -0.483 e. The molecule has 2 aromatic carbocycles. The second-order valence-corrected chi connectivity index (χ2v) is 13.9. The predicted molar refractivity (Wildman–Crippen MR) is 165 cm³/mol. The molecule has 6 rings (SSSR count). The molecular weight excluding hydrogens is 574 g/mol. The number of piperazine rings is 1. The number of piperidine rings is 1. The topological polar surface area (TPSA) is 88.0 Å². The Hall–Kier alpha value is -2.92. The zero-order valence-corrected chi connectivity index (χ0v) is 25.3. The van der Waals surface area contributed by atoms with E-state index in [1.165, 1.54) is 10.2 Å². The number of ether oxygens (including phenoxy) is 1. The molecule has 1 aromatic heterocycles. The van der Waals surface area contributed by atoms with E-state index in [0.29, 0.717) is 61.6 Å². The van der Waals surface area contributed by atoms with Crippen LogP contribution in [-0.2, 0) is 16.6 Å². The number of hydrogen-bond acceptors (Lipinski definition) is 6. The fourth-order valence-corrected chi connectivity index (χ4v) is 8.15. The summed E-state index contributed by atoms with van der Waals surface area (Å²) in [4.78, 5) is 15.7. The lowest BCUT2D eigenvalue weighted by molar-refractivity contribution is 0.205. The molecule has 3 fully saturated rings. The highest BCUT2D eigenvalue weighted by molar-refractivity contribution is 7.86. The Morgan fingerprint density at radius 3 is 2.24 bits per heavy atom. The molecule has 3 heterocycles. The monoisotopic (exact) mass is 611 g/mol. The smallest absolute Gasteiger partial charge is 0.316 e. The van der Waals surface area contributed by atoms with Gasteiger partial charge >= 0.3 is 5.56 Å². The molecule has 42 heavy (non-hydrogen) atoms. The van der Waals surface area contributed by atoms with E-state index in [4.69, 9.17) is 16.3 Å². The molecule has 9 nitrogen and oxygen atoms in total. The van der Waals surface area contributed by atoms with Crippen molar-refractivity contribution in [2.75, 3.05) is 44.2 Å². The number of halogens is 1. The predicted octanol–water partition coefficient (Wildman–Crippen LogP) is 4.53. The van der Waals surface area contributed by atoms with Crippen molar-refractivity contribution in [2.24, 2.45) is 5.92 Å². The Morgan fingerprint density at radius 1 is 0.857 bits per heavy atom. The fourth-order valence-electron chi connectivity index (χ4n) is 6.34. The Bertz CT molecular complexity index is 1530. The molecule has 1 aliphatic carbocycles. The molecular formula is C31H38ClN5O4S. The molecule has 2 saturated heterocycles. The highest BCUT2D eigenvalue weighted by atomic mass is 35.5. The first-order valence-electron chi connectivity index (χ1n) is 15.0. The van der Waals surface area contributed by atoms with Gasteiger partial charge in [-0.2, -0.15) is 26.8 Å². The van der Waals surface area contributed by atoms with Crippen molar-refractivity contribution in [3.8, 4) is 11.4 Å². The molecule has 0 N–H and O–H groups in total. The molecule has 0 radical (unpaired) electrons. The highest BCUT2D eigenvalue weighted by Gasteiger charge is 2.36.